The molecular weight excluding hydrogens is 305 g/mol. The lowest BCUT2D eigenvalue weighted by Gasteiger charge is -2.14. The van der Waals surface area contributed by atoms with Gasteiger partial charge in [-0.05, 0) is 0 Å². The molecule has 12 heteroatoms. The fourth-order valence-corrected chi connectivity index (χ4v) is 1.45. The second-order valence-electron chi connectivity index (χ2n) is 3.58. The predicted molar refractivity (Wildman–Crippen MR) is 56.9 cm³/mol. The van der Waals surface area contributed by atoms with Crippen molar-refractivity contribution in [2.24, 2.45) is 4.99 Å². The highest BCUT2D eigenvalue weighted by Gasteiger charge is 2.39. The summed E-state index contributed by atoms with van der Waals surface area (Å²) in [5.74, 6) is 0. The van der Waals surface area contributed by atoms with Crippen molar-refractivity contribution in [3.63, 3.8) is 0 Å². The third-order valence-corrected chi connectivity index (χ3v) is 2.27. The molecule has 0 saturated carbocycles. The van der Waals surface area contributed by atoms with Gasteiger partial charge in [-0.1, -0.05) is 0 Å². The molecule has 1 aliphatic rings. The second kappa shape index (κ2) is 5.03. The minimum atomic E-state index is -5.03. The molecule has 111 valence electrons. The van der Waals surface area contributed by atoms with Crippen LogP contribution >= 0.6 is 0 Å². The van der Waals surface area contributed by atoms with Crippen molar-refractivity contribution in [1.29, 1.82) is 0 Å². The molecule has 7 nitrogen and oxygen atoms in total. The van der Waals surface area contributed by atoms with Crippen molar-refractivity contribution in [2.75, 3.05) is 0 Å². The molecule has 0 unspecified atom stereocenters. The first kappa shape index (κ1) is 14.7. The Morgan fingerprint density at radius 1 is 1.29 bits per heavy atom. The molecule has 1 N–H and O–H groups in total. The van der Waals surface area contributed by atoms with E-state index in [-0.39, 0.29) is 6.20 Å². The lowest BCUT2D eigenvalue weighted by molar-refractivity contribution is -0.421. The number of aromatic nitrogens is 2. The first-order valence-electron chi connectivity index (χ1n) is 5.03. The Morgan fingerprint density at radius 3 is 2.52 bits per heavy atom. The van der Waals surface area contributed by atoms with Crippen LogP contribution < -0.4 is 5.32 Å². The maximum absolute atomic E-state index is 13.0. The lowest BCUT2D eigenvalue weighted by Crippen LogP contribution is -2.26. The van der Waals surface area contributed by atoms with E-state index in [0.29, 0.717) is 6.54 Å². The lowest BCUT2D eigenvalue weighted by atomic mass is 10.1. The first-order valence-corrected chi connectivity index (χ1v) is 5.03. The Balaban J connectivity index is 2.74. The molecular formula is C9H3F5N5O2. The van der Waals surface area contributed by atoms with E-state index in [4.69, 9.17) is 0 Å². The van der Waals surface area contributed by atoms with Crippen molar-refractivity contribution < 1.29 is 26.9 Å². The quantitative estimate of drug-likeness (QED) is 0.295. The van der Waals surface area contributed by atoms with Crippen molar-refractivity contribution in [2.45, 2.75) is 6.18 Å². The second-order valence-corrected chi connectivity index (χ2v) is 3.58. The number of hydrogen-bond acceptors (Lipinski definition) is 6. The molecule has 1 aromatic heterocycles. The van der Waals surface area contributed by atoms with E-state index in [1.165, 1.54) is 0 Å². The molecule has 0 atom stereocenters. The zero-order valence-corrected chi connectivity index (χ0v) is 9.65. The number of nitrogens with zero attached hydrogens (tertiary/aromatic N) is 4. The molecule has 1 radical (unpaired) electrons. The van der Waals surface area contributed by atoms with Crippen LogP contribution in [0, 0.1) is 22.7 Å². The summed E-state index contributed by atoms with van der Waals surface area (Å²) in [5, 5.41) is 12.5. The van der Waals surface area contributed by atoms with Crippen LogP contribution in [-0.2, 0) is 6.18 Å². The Bertz CT molecular complexity index is 669. The van der Waals surface area contributed by atoms with Gasteiger partial charge in [0.25, 0.3) is 11.8 Å². The average Bonchev–Trinajstić information content (AvgIpc) is 2.36. The van der Waals surface area contributed by atoms with E-state index in [1.807, 2.05) is 0 Å². The zero-order valence-electron chi connectivity index (χ0n) is 9.65. The summed E-state index contributed by atoms with van der Waals surface area (Å²) in [6.07, 6.45) is -7.91. The number of aliphatic imine (C=N–C) groups is 1. The number of amidine groups is 1. The molecule has 2 rings (SSSR count). The monoisotopic (exact) mass is 308 g/mol. The normalized spacial score (nSPS) is 15.6. The van der Waals surface area contributed by atoms with Gasteiger partial charge in [-0.15, -0.1) is 0 Å². The highest BCUT2D eigenvalue weighted by molar-refractivity contribution is 5.85. The average molecular weight is 308 g/mol. The Hall–Kier alpha value is -2.66. The Kier molecular flexibility index (Phi) is 3.53. The number of halogens is 5. The summed E-state index contributed by atoms with van der Waals surface area (Å²) in [6, 6.07) is 0. The first-order chi connectivity index (χ1) is 9.70. The van der Waals surface area contributed by atoms with E-state index in [0.717, 1.165) is 0 Å². The van der Waals surface area contributed by atoms with Gasteiger partial charge < -0.3 is 5.32 Å². The van der Waals surface area contributed by atoms with E-state index in [1.54, 1.807) is 5.32 Å². The Morgan fingerprint density at radius 2 is 1.95 bits per heavy atom. The standard InChI is InChI=1S/C9H3F5N5O2/c10-7-15-1-3(9(12,13)14)5(17-7)6-4(19(20)21)2-16-8(11)18-6/h1-2H,(H,16,18). The predicted octanol–water partition coefficient (Wildman–Crippen LogP) is 1.67. The minimum absolute atomic E-state index is 0.0949. The van der Waals surface area contributed by atoms with Gasteiger partial charge >= 0.3 is 12.3 Å². The SMILES string of the molecule is O=[N+]([O-])C1=C(c2nc(F)ncc2C(F)(F)F)N=C(F)N[CH]1. The van der Waals surface area contributed by atoms with Crippen LogP contribution in [0.4, 0.5) is 22.0 Å². The largest absolute Gasteiger partial charge is 0.420 e. The third-order valence-electron chi connectivity index (χ3n) is 2.27. The molecule has 1 aromatic rings. The summed E-state index contributed by atoms with van der Waals surface area (Å²) in [5.41, 5.74) is -4.87. The molecule has 2 heterocycles. The molecule has 1 aliphatic heterocycles. The van der Waals surface area contributed by atoms with Gasteiger partial charge in [-0.25, -0.2) is 4.98 Å². The summed E-state index contributed by atoms with van der Waals surface area (Å²) in [7, 11) is 0. The van der Waals surface area contributed by atoms with E-state index >= 15 is 0 Å². The van der Waals surface area contributed by atoms with Crippen LogP contribution in [0.2, 0.25) is 0 Å². The minimum Gasteiger partial charge on any atom is -0.331 e. The van der Waals surface area contributed by atoms with Gasteiger partial charge in [0.15, 0.2) is 12.2 Å². The van der Waals surface area contributed by atoms with Gasteiger partial charge in [0, 0.05) is 6.20 Å². The van der Waals surface area contributed by atoms with Gasteiger partial charge in [-0.3, -0.25) is 10.1 Å². The van der Waals surface area contributed by atoms with Crippen LogP contribution in [0.25, 0.3) is 5.70 Å². The van der Waals surface area contributed by atoms with E-state index in [2.05, 4.69) is 15.0 Å². The summed E-state index contributed by atoms with van der Waals surface area (Å²) < 4.78 is 64.4. The van der Waals surface area contributed by atoms with Crippen LogP contribution in [0.3, 0.4) is 0 Å². The zero-order chi connectivity index (χ0) is 15.8. The highest BCUT2D eigenvalue weighted by Crippen LogP contribution is 2.35. The summed E-state index contributed by atoms with van der Waals surface area (Å²) in [6.45, 7) is 0.484. The van der Waals surface area contributed by atoms with Crippen LogP contribution in [0.5, 0.6) is 0 Å². The number of alkyl halides is 3. The van der Waals surface area contributed by atoms with Gasteiger partial charge in [0.05, 0.1) is 4.92 Å². The molecule has 0 aromatic carbocycles. The maximum atomic E-state index is 13.0. The molecule has 21 heavy (non-hydrogen) atoms. The van der Waals surface area contributed by atoms with Crippen molar-refractivity contribution >= 4 is 11.8 Å². The number of nitro groups is 1. The fourth-order valence-electron chi connectivity index (χ4n) is 1.45. The molecule has 0 bridgehead atoms. The summed E-state index contributed by atoms with van der Waals surface area (Å²) >= 11 is 0. The molecule has 0 fully saturated rings. The number of hydrogen-bond donors (Lipinski definition) is 1. The Labute approximate surface area is 112 Å². The van der Waals surface area contributed by atoms with E-state index in [9.17, 15) is 32.1 Å². The smallest absolute Gasteiger partial charge is 0.331 e. The molecule has 0 amide bonds. The highest BCUT2D eigenvalue weighted by atomic mass is 19.4. The van der Waals surface area contributed by atoms with Gasteiger partial charge in [0.1, 0.15) is 11.3 Å². The third kappa shape index (κ3) is 2.93. The van der Waals surface area contributed by atoms with E-state index < -0.39 is 45.9 Å². The maximum Gasteiger partial charge on any atom is 0.420 e. The van der Waals surface area contributed by atoms with Gasteiger partial charge in [-0.2, -0.15) is 31.9 Å². The van der Waals surface area contributed by atoms with Crippen molar-refractivity contribution in [3.8, 4) is 0 Å². The summed E-state index contributed by atoms with van der Waals surface area (Å²) in [4.78, 5) is 18.2. The number of rotatable bonds is 2. The van der Waals surface area contributed by atoms with Crippen molar-refractivity contribution in [1.82, 2.24) is 15.3 Å². The fraction of sp³-hybridized carbons (Fsp3) is 0.111. The molecule has 0 saturated heterocycles. The van der Waals surface area contributed by atoms with Crippen LogP contribution in [0.1, 0.15) is 11.3 Å². The van der Waals surface area contributed by atoms with Crippen molar-refractivity contribution in [3.05, 3.63) is 45.9 Å². The molecule has 0 spiro atoms. The number of nitrogens with one attached hydrogen (secondary N) is 1. The van der Waals surface area contributed by atoms with Crippen LogP contribution in [0.15, 0.2) is 16.9 Å². The van der Waals surface area contributed by atoms with Crippen LogP contribution in [-0.4, -0.2) is 21.0 Å². The molecule has 0 aliphatic carbocycles. The topological polar surface area (TPSA) is 93.3 Å². The van der Waals surface area contributed by atoms with Gasteiger partial charge in [0.2, 0.25) is 0 Å².